The minimum atomic E-state index is -0.0539. The summed E-state index contributed by atoms with van der Waals surface area (Å²) in [5.41, 5.74) is 1.33. The van der Waals surface area contributed by atoms with Gasteiger partial charge in [0.15, 0.2) is 0 Å². The largest absolute Gasteiger partial charge is 0.370 e. The van der Waals surface area contributed by atoms with Gasteiger partial charge in [0.25, 0.3) is 0 Å². The summed E-state index contributed by atoms with van der Waals surface area (Å²) in [4.78, 5) is 19.9. The van der Waals surface area contributed by atoms with Crippen LogP contribution in [0, 0.1) is 11.3 Å². The van der Waals surface area contributed by atoms with E-state index in [1.54, 1.807) is 18.3 Å². The third-order valence-corrected chi connectivity index (χ3v) is 2.74. The molecule has 0 unspecified atom stereocenters. The van der Waals surface area contributed by atoms with Crippen molar-refractivity contribution in [2.24, 2.45) is 0 Å². The number of rotatable bonds is 6. The molecular weight excluding hydrogens is 266 g/mol. The molecule has 0 saturated heterocycles. The van der Waals surface area contributed by atoms with Crippen molar-refractivity contribution < 1.29 is 4.79 Å². The van der Waals surface area contributed by atoms with E-state index in [1.807, 2.05) is 24.3 Å². The standard InChI is InChI=1S/C15H15N5O/c16-9-12-4-5-14(19-10-12)18-8-6-15(21)20-11-13-3-1-2-7-17-13/h1-5,7,10H,6,8,11H2,(H,18,19)(H,20,21). The van der Waals surface area contributed by atoms with E-state index in [0.29, 0.717) is 30.9 Å². The highest BCUT2D eigenvalue weighted by atomic mass is 16.1. The van der Waals surface area contributed by atoms with Gasteiger partial charge in [-0.05, 0) is 24.3 Å². The first kappa shape index (κ1) is 14.5. The number of hydrogen-bond donors (Lipinski definition) is 2. The Balaban J connectivity index is 1.68. The van der Waals surface area contributed by atoms with Crippen LogP contribution in [-0.2, 0) is 11.3 Å². The van der Waals surface area contributed by atoms with Gasteiger partial charge in [0, 0.05) is 25.4 Å². The Hall–Kier alpha value is -2.94. The molecule has 2 aromatic heterocycles. The molecule has 0 spiro atoms. The molecule has 0 aliphatic rings. The van der Waals surface area contributed by atoms with Gasteiger partial charge in [0.05, 0.1) is 17.8 Å². The van der Waals surface area contributed by atoms with E-state index in [0.717, 1.165) is 5.69 Å². The first-order valence-electron chi connectivity index (χ1n) is 6.54. The number of nitrogens with one attached hydrogen (secondary N) is 2. The number of carbonyl (C=O) groups is 1. The molecule has 21 heavy (non-hydrogen) atoms. The summed E-state index contributed by atoms with van der Waals surface area (Å²) in [6, 6.07) is 11.0. The van der Waals surface area contributed by atoms with Crippen LogP contribution < -0.4 is 10.6 Å². The van der Waals surface area contributed by atoms with Gasteiger partial charge >= 0.3 is 0 Å². The minimum Gasteiger partial charge on any atom is -0.370 e. The van der Waals surface area contributed by atoms with E-state index in [-0.39, 0.29) is 5.91 Å². The van der Waals surface area contributed by atoms with E-state index in [1.165, 1.54) is 6.20 Å². The summed E-state index contributed by atoms with van der Waals surface area (Å²) in [5, 5.41) is 14.5. The number of nitriles is 1. The lowest BCUT2D eigenvalue weighted by Crippen LogP contribution is -2.25. The molecule has 0 atom stereocenters. The molecule has 0 aromatic carbocycles. The second-order valence-electron chi connectivity index (χ2n) is 4.32. The SMILES string of the molecule is N#Cc1ccc(NCCC(=O)NCc2ccccn2)nc1. The second kappa shape index (κ2) is 7.60. The third kappa shape index (κ3) is 4.91. The summed E-state index contributed by atoms with van der Waals surface area (Å²) in [5.74, 6) is 0.591. The van der Waals surface area contributed by atoms with Crippen LogP contribution in [0.5, 0.6) is 0 Å². The minimum absolute atomic E-state index is 0.0539. The van der Waals surface area contributed by atoms with E-state index in [2.05, 4.69) is 20.6 Å². The van der Waals surface area contributed by atoms with Gasteiger partial charge in [-0.2, -0.15) is 5.26 Å². The molecule has 2 aromatic rings. The van der Waals surface area contributed by atoms with Crippen LogP contribution in [0.15, 0.2) is 42.7 Å². The van der Waals surface area contributed by atoms with Gasteiger partial charge in [0.2, 0.25) is 5.91 Å². The highest BCUT2D eigenvalue weighted by Crippen LogP contribution is 2.03. The summed E-state index contributed by atoms with van der Waals surface area (Å²) in [6.07, 6.45) is 3.53. The van der Waals surface area contributed by atoms with E-state index in [9.17, 15) is 4.79 Å². The molecule has 0 saturated carbocycles. The Bertz CT molecular complexity index is 619. The van der Waals surface area contributed by atoms with Crippen LogP contribution in [0.25, 0.3) is 0 Å². The van der Waals surface area contributed by atoms with Crippen LogP contribution >= 0.6 is 0 Å². The average Bonchev–Trinajstić information content (AvgIpc) is 2.54. The second-order valence-corrected chi connectivity index (χ2v) is 4.32. The number of amides is 1. The van der Waals surface area contributed by atoms with Crippen molar-refractivity contribution in [1.29, 1.82) is 5.26 Å². The third-order valence-electron chi connectivity index (χ3n) is 2.74. The molecule has 6 nitrogen and oxygen atoms in total. The van der Waals surface area contributed by atoms with Crippen LogP contribution in [0.4, 0.5) is 5.82 Å². The molecule has 2 rings (SSSR count). The zero-order chi connectivity index (χ0) is 14.9. The highest BCUT2D eigenvalue weighted by Gasteiger charge is 2.02. The van der Waals surface area contributed by atoms with Crippen molar-refractivity contribution in [2.75, 3.05) is 11.9 Å². The first-order valence-corrected chi connectivity index (χ1v) is 6.54. The van der Waals surface area contributed by atoms with Crippen LogP contribution in [0.2, 0.25) is 0 Å². The number of carbonyl (C=O) groups excluding carboxylic acids is 1. The van der Waals surface area contributed by atoms with Crippen molar-refractivity contribution in [2.45, 2.75) is 13.0 Å². The smallest absolute Gasteiger partial charge is 0.222 e. The Morgan fingerprint density at radius 3 is 2.81 bits per heavy atom. The van der Waals surface area contributed by atoms with Gasteiger partial charge in [0.1, 0.15) is 11.9 Å². The fraction of sp³-hybridized carbons (Fsp3) is 0.200. The van der Waals surface area contributed by atoms with Gasteiger partial charge in [-0.3, -0.25) is 9.78 Å². The maximum atomic E-state index is 11.7. The number of anilines is 1. The molecule has 0 fully saturated rings. The number of pyridine rings is 2. The van der Waals surface area contributed by atoms with E-state index < -0.39 is 0 Å². The van der Waals surface area contributed by atoms with Gasteiger partial charge in [-0.1, -0.05) is 6.07 Å². The van der Waals surface area contributed by atoms with Crippen molar-refractivity contribution in [3.63, 3.8) is 0 Å². The van der Waals surface area contributed by atoms with Crippen LogP contribution in [0.1, 0.15) is 17.7 Å². The fourth-order valence-electron chi connectivity index (χ4n) is 1.65. The lowest BCUT2D eigenvalue weighted by atomic mass is 10.3. The van der Waals surface area contributed by atoms with Crippen molar-refractivity contribution >= 4 is 11.7 Å². The quantitative estimate of drug-likeness (QED) is 0.836. The lowest BCUT2D eigenvalue weighted by Gasteiger charge is -2.06. The topological polar surface area (TPSA) is 90.7 Å². The Kier molecular flexibility index (Phi) is 5.24. The molecule has 0 aliphatic heterocycles. The molecule has 2 N–H and O–H groups in total. The number of hydrogen-bond acceptors (Lipinski definition) is 5. The van der Waals surface area contributed by atoms with Crippen LogP contribution in [0.3, 0.4) is 0 Å². The summed E-state index contributed by atoms with van der Waals surface area (Å²) in [7, 11) is 0. The Labute approximate surface area is 122 Å². The van der Waals surface area contributed by atoms with Crippen LogP contribution in [-0.4, -0.2) is 22.4 Å². The Morgan fingerprint density at radius 2 is 2.14 bits per heavy atom. The zero-order valence-corrected chi connectivity index (χ0v) is 11.4. The summed E-state index contributed by atoms with van der Waals surface area (Å²) in [6.45, 7) is 0.905. The molecule has 2 heterocycles. The van der Waals surface area contributed by atoms with E-state index >= 15 is 0 Å². The van der Waals surface area contributed by atoms with Crippen molar-refractivity contribution in [3.8, 4) is 6.07 Å². The summed E-state index contributed by atoms with van der Waals surface area (Å²) < 4.78 is 0. The predicted octanol–water partition coefficient (Wildman–Crippen LogP) is 1.47. The molecule has 0 bridgehead atoms. The fourth-order valence-corrected chi connectivity index (χ4v) is 1.65. The summed E-state index contributed by atoms with van der Waals surface area (Å²) >= 11 is 0. The molecule has 6 heteroatoms. The highest BCUT2D eigenvalue weighted by molar-refractivity contribution is 5.76. The molecule has 106 valence electrons. The van der Waals surface area contributed by atoms with E-state index in [4.69, 9.17) is 5.26 Å². The Morgan fingerprint density at radius 1 is 1.24 bits per heavy atom. The van der Waals surface area contributed by atoms with Crippen molar-refractivity contribution in [1.82, 2.24) is 15.3 Å². The molecule has 0 radical (unpaired) electrons. The first-order chi connectivity index (χ1) is 10.3. The number of aromatic nitrogens is 2. The van der Waals surface area contributed by atoms with Gasteiger partial charge < -0.3 is 10.6 Å². The normalized spacial score (nSPS) is 9.67. The van der Waals surface area contributed by atoms with Crippen molar-refractivity contribution in [3.05, 3.63) is 54.0 Å². The van der Waals surface area contributed by atoms with Gasteiger partial charge in [-0.25, -0.2) is 4.98 Å². The molecule has 1 amide bonds. The maximum Gasteiger partial charge on any atom is 0.222 e. The van der Waals surface area contributed by atoms with Gasteiger partial charge in [-0.15, -0.1) is 0 Å². The molecule has 0 aliphatic carbocycles. The molecular formula is C15H15N5O. The number of nitrogens with zero attached hydrogens (tertiary/aromatic N) is 3. The maximum absolute atomic E-state index is 11.7. The average molecular weight is 281 g/mol. The monoisotopic (exact) mass is 281 g/mol. The zero-order valence-electron chi connectivity index (χ0n) is 11.4. The lowest BCUT2D eigenvalue weighted by molar-refractivity contribution is -0.121. The predicted molar refractivity (Wildman–Crippen MR) is 78.1 cm³/mol.